The minimum absolute atomic E-state index is 0.375. The van der Waals surface area contributed by atoms with Gasteiger partial charge < -0.3 is 0 Å². The van der Waals surface area contributed by atoms with Gasteiger partial charge in [0.05, 0.1) is 9.79 Å². The standard InChI is InChI=1S/C22H28N2O2S/c25-27(26,21-9-5-19(6-10-21)17-23-13-1-2-14-23)22-11-7-20(8-12-22)18-24-15-3-4-16-24/h5-12H,1-4,13-18H2. The Hall–Kier alpha value is -1.69. The van der Waals surface area contributed by atoms with Crippen molar-refractivity contribution in [1.29, 1.82) is 0 Å². The predicted molar refractivity (Wildman–Crippen MR) is 107 cm³/mol. The average Bonchev–Trinajstić information content (AvgIpc) is 3.37. The molecule has 2 aromatic rings. The second-order valence-electron chi connectivity index (χ2n) is 7.76. The molecule has 2 aliphatic rings. The van der Waals surface area contributed by atoms with Gasteiger partial charge in [0.1, 0.15) is 0 Å². The molecule has 0 saturated carbocycles. The molecule has 0 amide bonds. The Morgan fingerprint density at radius 2 is 0.926 bits per heavy atom. The van der Waals surface area contributed by atoms with Gasteiger partial charge in [0.2, 0.25) is 9.84 Å². The van der Waals surface area contributed by atoms with Gasteiger partial charge in [-0.2, -0.15) is 0 Å². The van der Waals surface area contributed by atoms with Gasteiger partial charge in [-0.1, -0.05) is 24.3 Å². The van der Waals surface area contributed by atoms with E-state index in [-0.39, 0.29) is 0 Å². The highest BCUT2D eigenvalue weighted by Crippen LogP contribution is 2.23. The van der Waals surface area contributed by atoms with E-state index in [4.69, 9.17) is 0 Å². The molecular formula is C22H28N2O2S. The Kier molecular flexibility index (Phi) is 5.62. The van der Waals surface area contributed by atoms with Crippen molar-refractivity contribution in [2.24, 2.45) is 0 Å². The average molecular weight is 385 g/mol. The normalized spacial score (nSPS) is 19.0. The Morgan fingerprint density at radius 3 is 1.26 bits per heavy atom. The molecule has 5 heteroatoms. The van der Waals surface area contributed by atoms with E-state index in [1.807, 2.05) is 24.3 Å². The summed E-state index contributed by atoms with van der Waals surface area (Å²) in [5.74, 6) is 0. The number of nitrogens with zero attached hydrogens (tertiary/aromatic N) is 2. The summed E-state index contributed by atoms with van der Waals surface area (Å²) >= 11 is 0. The Labute approximate surface area is 162 Å². The molecular weight excluding hydrogens is 356 g/mol. The molecule has 0 radical (unpaired) electrons. The van der Waals surface area contributed by atoms with Crippen LogP contribution < -0.4 is 0 Å². The van der Waals surface area contributed by atoms with Crippen molar-refractivity contribution in [2.75, 3.05) is 26.2 Å². The van der Waals surface area contributed by atoms with Crippen LogP contribution >= 0.6 is 0 Å². The molecule has 0 atom stereocenters. The van der Waals surface area contributed by atoms with Crippen LogP contribution in [0.15, 0.2) is 58.3 Å². The molecule has 27 heavy (non-hydrogen) atoms. The molecule has 4 rings (SSSR count). The van der Waals surface area contributed by atoms with Crippen molar-refractivity contribution >= 4 is 9.84 Å². The summed E-state index contributed by atoms with van der Waals surface area (Å²) < 4.78 is 25.8. The summed E-state index contributed by atoms with van der Waals surface area (Å²) in [6.07, 6.45) is 5.06. The Bertz CT molecular complexity index is 781. The van der Waals surface area contributed by atoms with Crippen LogP contribution in [-0.4, -0.2) is 44.4 Å². The fourth-order valence-corrected chi connectivity index (χ4v) is 5.34. The SMILES string of the molecule is O=S(=O)(c1ccc(CN2CCCC2)cc1)c1ccc(CN2CCCC2)cc1. The maximum atomic E-state index is 12.9. The second-order valence-corrected chi connectivity index (χ2v) is 9.71. The Balaban J connectivity index is 1.45. The third kappa shape index (κ3) is 4.42. The van der Waals surface area contributed by atoms with Gasteiger partial charge in [-0.15, -0.1) is 0 Å². The van der Waals surface area contributed by atoms with E-state index < -0.39 is 9.84 Å². The van der Waals surface area contributed by atoms with Crippen LogP contribution in [0.2, 0.25) is 0 Å². The molecule has 0 bridgehead atoms. The van der Waals surface area contributed by atoms with E-state index in [0.717, 1.165) is 39.3 Å². The lowest BCUT2D eigenvalue weighted by Gasteiger charge is -2.15. The zero-order valence-electron chi connectivity index (χ0n) is 15.8. The molecule has 0 aliphatic carbocycles. The first-order valence-corrected chi connectivity index (χ1v) is 11.5. The van der Waals surface area contributed by atoms with Crippen LogP contribution in [-0.2, 0) is 22.9 Å². The van der Waals surface area contributed by atoms with Crippen molar-refractivity contribution in [3.63, 3.8) is 0 Å². The summed E-state index contributed by atoms with van der Waals surface area (Å²) in [7, 11) is -3.45. The highest BCUT2D eigenvalue weighted by molar-refractivity contribution is 7.91. The molecule has 2 fully saturated rings. The zero-order chi connectivity index (χ0) is 18.7. The van der Waals surface area contributed by atoms with Gasteiger partial charge in [0.25, 0.3) is 0 Å². The van der Waals surface area contributed by atoms with Crippen LogP contribution in [0.4, 0.5) is 0 Å². The maximum absolute atomic E-state index is 12.9. The first-order valence-electron chi connectivity index (χ1n) is 9.99. The predicted octanol–water partition coefficient (Wildman–Crippen LogP) is 3.71. The van der Waals surface area contributed by atoms with Gasteiger partial charge in [-0.25, -0.2) is 8.42 Å². The Morgan fingerprint density at radius 1 is 0.593 bits per heavy atom. The molecule has 4 nitrogen and oxygen atoms in total. The van der Waals surface area contributed by atoms with Gasteiger partial charge in [0, 0.05) is 13.1 Å². The number of hydrogen-bond donors (Lipinski definition) is 0. The third-order valence-electron chi connectivity index (χ3n) is 5.68. The van der Waals surface area contributed by atoms with Crippen LogP contribution in [0.3, 0.4) is 0 Å². The van der Waals surface area contributed by atoms with Crippen LogP contribution in [0, 0.1) is 0 Å². The molecule has 2 aliphatic heterocycles. The monoisotopic (exact) mass is 384 g/mol. The molecule has 2 saturated heterocycles. The topological polar surface area (TPSA) is 40.6 Å². The number of rotatable bonds is 6. The first kappa shape index (κ1) is 18.7. The van der Waals surface area contributed by atoms with E-state index in [1.165, 1.54) is 36.8 Å². The van der Waals surface area contributed by atoms with Gasteiger partial charge in [-0.3, -0.25) is 9.80 Å². The quantitative estimate of drug-likeness (QED) is 0.761. The lowest BCUT2D eigenvalue weighted by Crippen LogP contribution is -2.18. The van der Waals surface area contributed by atoms with Crippen molar-refractivity contribution in [2.45, 2.75) is 48.6 Å². The van der Waals surface area contributed by atoms with Gasteiger partial charge >= 0.3 is 0 Å². The van der Waals surface area contributed by atoms with E-state index in [9.17, 15) is 8.42 Å². The number of likely N-dealkylation sites (tertiary alicyclic amines) is 2. The lowest BCUT2D eigenvalue weighted by molar-refractivity contribution is 0.331. The fraction of sp³-hybridized carbons (Fsp3) is 0.455. The number of sulfone groups is 1. The number of benzene rings is 2. The molecule has 2 heterocycles. The van der Waals surface area contributed by atoms with E-state index in [1.54, 1.807) is 24.3 Å². The minimum Gasteiger partial charge on any atom is -0.299 e. The van der Waals surface area contributed by atoms with Gasteiger partial charge in [-0.05, 0) is 87.3 Å². The highest BCUT2D eigenvalue weighted by Gasteiger charge is 2.19. The summed E-state index contributed by atoms with van der Waals surface area (Å²) in [6.45, 7) is 6.39. The van der Waals surface area contributed by atoms with Crippen LogP contribution in [0.25, 0.3) is 0 Å². The van der Waals surface area contributed by atoms with Crippen molar-refractivity contribution in [3.8, 4) is 0 Å². The summed E-state index contributed by atoms with van der Waals surface area (Å²) in [6, 6.07) is 14.8. The van der Waals surface area contributed by atoms with E-state index in [0.29, 0.717) is 9.79 Å². The third-order valence-corrected chi connectivity index (χ3v) is 7.46. The lowest BCUT2D eigenvalue weighted by atomic mass is 10.2. The smallest absolute Gasteiger partial charge is 0.206 e. The van der Waals surface area contributed by atoms with Crippen molar-refractivity contribution in [3.05, 3.63) is 59.7 Å². The second kappa shape index (κ2) is 8.13. The molecule has 0 unspecified atom stereocenters. The largest absolute Gasteiger partial charge is 0.299 e. The highest BCUT2D eigenvalue weighted by atomic mass is 32.2. The van der Waals surface area contributed by atoms with E-state index >= 15 is 0 Å². The first-order chi connectivity index (χ1) is 13.1. The summed E-state index contributed by atoms with van der Waals surface area (Å²) in [5.41, 5.74) is 2.36. The van der Waals surface area contributed by atoms with Crippen molar-refractivity contribution in [1.82, 2.24) is 9.80 Å². The summed E-state index contributed by atoms with van der Waals surface area (Å²) in [4.78, 5) is 5.59. The maximum Gasteiger partial charge on any atom is 0.206 e. The molecule has 0 spiro atoms. The summed E-state index contributed by atoms with van der Waals surface area (Å²) in [5, 5.41) is 0. The van der Waals surface area contributed by atoms with Crippen LogP contribution in [0.5, 0.6) is 0 Å². The number of hydrogen-bond acceptors (Lipinski definition) is 4. The molecule has 0 aromatic heterocycles. The minimum atomic E-state index is -3.45. The molecule has 144 valence electrons. The van der Waals surface area contributed by atoms with E-state index in [2.05, 4.69) is 9.80 Å². The van der Waals surface area contributed by atoms with Gasteiger partial charge in [0.15, 0.2) is 0 Å². The zero-order valence-corrected chi connectivity index (χ0v) is 16.6. The van der Waals surface area contributed by atoms with Crippen LogP contribution in [0.1, 0.15) is 36.8 Å². The fourth-order valence-electron chi connectivity index (χ4n) is 4.08. The molecule has 0 N–H and O–H groups in total. The van der Waals surface area contributed by atoms with Crippen molar-refractivity contribution < 1.29 is 8.42 Å². The molecule has 2 aromatic carbocycles.